The Bertz CT molecular complexity index is 488. The summed E-state index contributed by atoms with van der Waals surface area (Å²) in [6.45, 7) is 3.77. The predicted molar refractivity (Wildman–Crippen MR) is 81.3 cm³/mol. The Morgan fingerprint density at radius 3 is 2.86 bits per heavy atom. The van der Waals surface area contributed by atoms with Crippen molar-refractivity contribution in [2.24, 2.45) is 5.92 Å². The molecule has 1 aliphatic heterocycles. The zero-order chi connectivity index (χ0) is 15.9. The minimum atomic E-state index is -0.345. The number of hydrogen-bond donors (Lipinski definition) is 2. The fourth-order valence-corrected chi connectivity index (χ4v) is 2.58. The fourth-order valence-electron chi connectivity index (χ4n) is 2.58. The second kappa shape index (κ2) is 7.98. The Labute approximate surface area is 130 Å². The van der Waals surface area contributed by atoms with E-state index in [2.05, 4.69) is 5.32 Å². The monoisotopic (exact) mass is 310 g/mol. The van der Waals surface area contributed by atoms with Gasteiger partial charge >= 0.3 is 6.03 Å². The Kier molecular flexibility index (Phi) is 6.00. The maximum atomic E-state index is 13.0. The van der Waals surface area contributed by atoms with Gasteiger partial charge in [0, 0.05) is 19.2 Å². The lowest BCUT2D eigenvalue weighted by atomic mass is 9.92. The molecule has 0 bridgehead atoms. The van der Waals surface area contributed by atoms with Crippen LogP contribution in [0.1, 0.15) is 19.8 Å². The van der Waals surface area contributed by atoms with Gasteiger partial charge in [-0.05, 0) is 37.8 Å². The van der Waals surface area contributed by atoms with E-state index in [1.807, 2.05) is 0 Å². The van der Waals surface area contributed by atoms with Gasteiger partial charge in [-0.3, -0.25) is 0 Å². The van der Waals surface area contributed by atoms with Gasteiger partial charge in [-0.15, -0.1) is 0 Å². The van der Waals surface area contributed by atoms with E-state index in [0.29, 0.717) is 32.0 Å². The number of likely N-dealkylation sites (tertiary alicyclic amines) is 1. The fraction of sp³-hybridized carbons (Fsp3) is 0.562. The van der Waals surface area contributed by atoms with Crippen molar-refractivity contribution in [3.05, 3.63) is 30.1 Å². The average molecular weight is 310 g/mol. The van der Waals surface area contributed by atoms with E-state index in [4.69, 9.17) is 4.74 Å². The zero-order valence-corrected chi connectivity index (χ0v) is 12.8. The Hall–Kier alpha value is -1.82. The third-order valence-electron chi connectivity index (χ3n) is 3.95. The molecule has 0 aromatic heterocycles. The summed E-state index contributed by atoms with van der Waals surface area (Å²) in [6, 6.07) is 5.79. The molecule has 1 fully saturated rings. The number of urea groups is 1. The second-order valence-electron chi connectivity index (χ2n) is 5.60. The number of nitrogens with zero attached hydrogens (tertiary/aromatic N) is 1. The highest BCUT2D eigenvalue weighted by atomic mass is 19.1. The zero-order valence-electron chi connectivity index (χ0n) is 12.8. The molecule has 2 N–H and O–H groups in total. The van der Waals surface area contributed by atoms with Crippen LogP contribution in [0.4, 0.5) is 9.18 Å². The number of amides is 2. The molecule has 6 heteroatoms. The van der Waals surface area contributed by atoms with Crippen LogP contribution in [-0.4, -0.2) is 48.4 Å². The molecule has 1 aromatic carbocycles. The van der Waals surface area contributed by atoms with Gasteiger partial charge in [0.25, 0.3) is 0 Å². The number of carbonyl (C=O) groups excluding carboxylic acids is 1. The molecule has 1 saturated heterocycles. The molecule has 1 unspecified atom stereocenters. The summed E-state index contributed by atoms with van der Waals surface area (Å²) in [5.74, 6) is 0.384. The Morgan fingerprint density at radius 2 is 2.23 bits per heavy atom. The molecule has 1 aromatic rings. The number of benzene rings is 1. The first-order valence-electron chi connectivity index (χ1n) is 7.65. The SMILES string of the molecule is CC(O)C1CCN(C(=O)NCCOc2cccc(F)c2)CC1. The van der Waals surface area contributed by atoms with Crippen LogP contribution in [0.15, 0.2) is 24.3 Å². The highest BCUT2D eigenvalue weighted by Crippen LogP contribution is 2.20. The first-order chi connectivity index (χ1) is 10.6. The van der Waals surface area contributed by atoms with Gasteiger partial charge in [0.1, 0.15) is 18.2 Å². The van der Waals surface area contributed by atoms with E-state index >= 15 is 0 Å². The summed E-state index contributed by atoms with van der Waals surface area (Å²) in [6.07, 6.45) is 1.33. The smallest absolute Gasteiger partial charge is 0.317 e. The van der Waals surface area contributed by atoms with Crippen LogP contribution in [0, 0.1) is 11.7 Å². The molecule has 122 valence electrons. The molecule has 1 atom stereocenters. The van der Waals surface area contributed by atoms with Crippen molar-refractivity contribution in [3.8, 4) is 5.75 Å². The number of carbonyl (C=O) groups is 1. The summed E-state index contributed by atoms with van der Waals surface area (Å²) < 4.78 is 18.3. The molecule has 1 heterocycles. The van der Waals surface area contributed by atoms with Crippen molar-refractivity contribution >= 4 is 6.03 Å². The molecule has 2 amide bonds. The second-order valence-corrected chi connectivity index (χ2v) is 5.60. The van der Waals surface area contributed by atoms with E-state index in [-0.39, 0.29) is 23.9 Å². The lowest BCUT2D eigenvalue weighted by Crippen LogP contribution is -2.46. The van der Waals surface area contributed by atoms with Crippen LogP contribution in [0.5, 0.6) is 5.75 Å². The van der Waals surface area contributed by atoms with Crippen molar-refractivity contribution in [1.29, 1.82) is 0 Å². The van der Waals surface area contributed by atoms with Crippen LogP contribution < -0.4 is 10.1 Å². The third-order valence-corrected chi connectivity index (χ3v) is 3.95. The molecular weight excluding hydrogens is 287 g/mol. The topological polar surface area (TPSA) is 61.8 Å². The number of aliphatic hydroxyl groups is 1. The van der Waals surface area contributed by atoms with E-state index in [9.17, 15) is 14.3 Å². The van der Waals surface area contributed by atoms with Crippen molar-refractivity contribution < 1.29 is 19.0 Å². The average Bonchev–Trinajstić information content (AvgIpc) is 2.51. The Balaban J connectivity index is 1.64. The molecule has 0 spiro atoms. The van der Waals surface area contributed by atoms with Crippen molar-refractivity contribution in [1.82, 2.24) is 10.2 Å². The molecule has 5 nitrogen and oxygen atoms in total. The highest BCUT2D eigenvalue weighted by Gasteiger charge is 2.25. The standard InChI is InChI=1S/C16H23FN2O3/c1-12(20)13-5-8-19(9-6-13)16(21)18-7-10-22-15-4-2-3-14(17)11-15/h2-4,11-13,20H,5-10H2,1H3,(H,18,21). The molecule has 22 heavy (non-hydrogen) atoms. The first kappa shape index (κ1) is 16.5. The van der Waals surface area contributed by atoms with E-state index in [1.54, 1.807) is 24.0 Å². The van der Waals surface area contributed by atoms with Crippen LogP contribution >= 0.6 is 0 Å². The number of halogens is 1. The van der Waals surface area contributed by atoms with Gasteiger partial charge < -0.3 is 20.1 Å². The Morgan fingerprint density at radius 1 is 1.50 bits per heavy atom. The molecule has 0 saturated carbocycles. The third kappa shape index (κ3) is 4.87. The lowest BCUT2D eigenvalue weighted by Gasteiger charge is -2.33. The van der Waals surface area contributed by atoms with Gasteiger partial charge in [0.2, 0.25) is 0 Å². The van der Waals surface area contributed by atoms with Gasteiger partial charge in [-0.1, -0.05) is 6.07 Å². The maximum absolute atomic E-state index is 13.0. The number of rotatable bonds is 5. The minimum Gasteiger partial charge on any atom is -0.492 e. The molecule has 0 radical (unpaired) electrons. The molecule has 1 aliphatic rings. The van der Waals surface area contributed by atoms with Gasteiger partial charge in [0.15, 0.2) is 0 Å². The number of piperidine rings is 1. The van der Waals surface area contributed by atoms with E-state index < -0.39 is 0 Å². The van der Waals surface area contributed by atoms with Crippen LogP contribution in [0.25, 0.3) is 0 Å². The van der Waals surface area contributed by atoms with Crippen molar-refractivity contribution in [3.63, 3.8) is 0 Å². The number of ether oxygens (including phenoxy) is 1. The first-order valence-corrected chi connectivity index (χ1v) is 7.65. The summed E-state index contributed by atoms with van der Waals surface area (Å²) >= 11 is 0. The highest BCUT2D eigenvalue weighted by molar-refractivity contribution is 5.74. The molecular formula is C16H23FN2O3. The number of aliphatic hydroxyl groups excluding tert-OH is 1. The van der Waals surface area contributed by atoms with Crippen LogP contribution in [0.3, 0.4) is 0 Å². The number of hydrogen-bond acceptors (Lipinski definition) is 3. The predicted octanol–water partition coefficient (Wildman–Crippen LogP) is 2.01. The summed E-state index contributed by atoms with van der Waals surface area (Å²) in [4.78, 5) is 13.7. The summed E-state index contributed by atoms with van der Waals surface area (Å²) in [7, 11) is 0. The normalized spacial score (nSPS) is 17.1. The number of nitrogens with one attached hydrogen (secondary N) is 1. The largest absolute Gasteiger partial charge is 0.492 e. The van der Waals surface area contributed by atoms with Gasteiger partial charge in [-0.2, -0.15) is 0 Å². The van der Waals surface area contributed by atoms with Crippen molar-refractivity contribution in [2.75, 3.05) is 26.2 Å². The lowest BCUT2D eigenvalue weighted by molar-refractivity contribution is 0.0797. The minimum absolute atomic E-state index is 0.119. The van der Waals surface area contributed by atoms with E-state index in [1.165, 1.54) is 12.1 Å². The maximum Gasteiger partial charge on any atom is 0.317 e. The quantitative estimate of drug-likeness (QED) is 0.818. The molecule has 2 rings (SSSR count). The van der Waals surface area contributed by atoms with Gasteiger partial charge in [0.05, 0.1) is 12.6 Å². The van der Waals surface area contributed by atoms with Gasteiger partial charge in [-0.25, -0.2) is 9.18 Å². The summed E-state index contributed by atoms with van der Waals surface area (Å²) in [5.41, 5.74) is 0. The van der Waals surface area contributed by atoms with Crippen LogP contribution in [-0.2, 0) is 0 Å². The van der Waals surface area contributed by atoms with Crippen LogP contribution in [0.2, 0.25) is 0 Å². The van der Waals surface area contributed by atoms with E-state index in [0.717, 1.165) is 12.8 Å². The van der Waals surface area contributed by atoms with Crippen molar-refractivity contribution in [2.45, 2.75) is 25.9 Å². The molecule has 0 aliphatic carbocycles. The summed E-state index contributed by atoms with van der Waals surface area (Å²) in [5, 5.41) is 12.3.